The summed E-state index contributed by atoms with van der Waals surface area (Å²) in [5.41, 5.74) is 0.333. The van der Waals surface area contributed by atoms with Crippen LogP contribution in [0.3, 0.4) is 0 Å². The van der Waals surface area contributed by atoms with Gasteiger partial charge in [-0.2, -0.15) is 0 Å². The Morgan fingerprint density at radius 1 is 1.41 bits per heavy atom. The molecule has 1 fully saturated rings. The quantitative estimate of drug-likeness (QED) is 0.751. The Labute approximate surface area is 100 Å². The highest BCUT2D eigenvalue weighted by molar-refractivity contribution is 6.00. The van der Waals surface area contributed by atoms with E-state index in [4.69, 9.17) is 4.74 Å². The maximum absolute atomic E-state index is 13.1. The molecule has 0 unspecified atom stereocenters. The van der Waals surface area contributed by atoms with Crippen molar-refractivity contribution in [3.05, 3.63) is 29.6 Å². The molecule has 3 nitrogen and oxygen atoms in total. The molecule has 0 saturated carbocycles. The Bertz CT molecular complexity index is 414. The lowest BCUT2D eigenvalue weighted by atomic mass is 10.1. The average molecular weight is 237 g/mol. The van der Waals surface area contributed by atoms with Gasteiger partial charge in [-0.1, -0.05) is 0 Å². The molecule has 1 aromatic carbocycles. The number of hydrogen-bond donors (Lipinski definition) is 0. The fourth-order valence-electron chi connectivity index (χ4n) is 2.13. The summed E-state index contributed by atoms with van der Waals surface area (Å²) in [5.74, 6) is -0.0468. The molecule has 0 spiro atoms. The minimum absolute atomic E-state index is 0.0803. The van der Waals surface area contributed by atoms with Crippen molar-refractivity contribution >= 4 is 5.78 Å². The first-order chi connectivity index (χ1) is 8.20. The van der Waals surface area contributed by atoms with E-state index >= 15 is 0 Å². The van der Waals surface area contributed by atoms with Gasteiger partial charge >= 0.3 is 0 Å². The summed E-state index contributed by atoms with van der Waals surface area (Å²) in [5, 5.41) is 0. The van der Waals surface area contributed by atoms with Crippen LogP contribution in [0.4, 0.5) is 4.39 Å². The number of carbonyl (C=O) groups is 1. The summed E-state index contributed by atoms with van der Waals surface area (Å²) >= 11 is 0. The van der Waals surface area contributed by atoms with Crippen LogP contribution < -0.4 is 4.74 Å². The third-order valence-corrected chi connectivity index (χ3v) is 3.03. The van der Waals surface area contributed by atoms with Crippen molar-refractivity contribution in [2.75, 3.05) is 26.7 Å². The first-order valence-corrected chi connectivity index (χ1v) is 5.80. The normalized spacial score (nSPS) is 16.1. The molecule has 0 N–H and O–H groups in total. The molecule has 0 amide bonds. The maximum Gasteiger partial charge on any atom is 0.180 e. The SMILES string of the molecule is COc1ccc(F)cc1C(=O)CN1CCCC1. The lowest BCUT2D eigenvalue weighted by molar-refractivity contribution is 0.0942. The van der Waals surface area contributed by atoms with Crippen LogP contribution in [0.2, 0.25) is 0 Å². The molecule has 1 aromatic rings. The zero-order chi connectivity index (χ0) is 12.3. The molecule has 1 aliphatic heterocycles. The predicted octanol–water partition coefficient (Wildman–Crippen LogP) is 2.11. The van der Waals surface area contributed by atoms with Crippen molar-refractivity contribution in [3.8, 4) is 5.75 Å². The molecular weight excluding hydrogens is 221 g/mol. The van der Waals surface area contributed by atoms with Crippen molar-refractivity contribution in [2.45, 2.75) is 12.8 Å². The molecule has 17 heavy (non-hydrogen) atoms. The number of nitrogens with zero attached hydrogens (tertiary/aromatic N) is 1. The Balaban J connectivity index is 2.14. The number of methoxy groups -OCH3 is 1. The van der Waals surface area contributed by atoms with Gasteiger partial charge in [-0.25, -0.2) is 4.39 Å². The van der Waals surface area contributed by atoms with Crippen LogP contribution in [0.25, 0.3) is 0 Å². The monoisotopic (exact) mass is 237 g/mol. The zero-order valence-corrected chi connectivity index (χ0v) is 9.91. The minimum atomic E-state index is -0.407. The lowest BCUT2D eigenvalue weighted by Crippen LogP contribution is -2.27. The fourth-order valence-corrected chi connectivity index (χ4v) is 2.13. The van der Waals surface area contributed by atoms with Crippen molar-refractivity contribution in [1.29, 1.82) is 0 Å². The molecule has 0 radical (unpaired) electrons. The van der Waals surface area contributed by atoms with Gasteiger partial charge < -0.3 is 4.74 Å². The van der Waals surface area contributed by atoms with Gasteiger partial charge in [0.2, 0.25) is 0 Å². The average Bonchev–Trinajstić information content (AvgIpc) is 2.81. The summed E-state index contributed by atoms with van der Waals surface area (Å²) in [7, 11) is 1.49. The van der Waals surface area contributed by atoms with Gasteiger partial charge in [0.05, 0.1) is 19.2 Å². The van der Waals surface area contributed by atoms with Gasteiger partial charge in [-0.15, -0.1) is 0 Å². The first-order valence-electron chi connectivity index (χ1n) is 5.80. The first kappa shape index (κ1) is 12.0. The number of hydrogen-bond acceptors (Lipinski definition) is 3. The van der Waals surface area contributed by atoms with Gasteiger partial charge in [0.1, 0.15) is 11.6 Å². The van der Waals surface area contributed by atoms with Gasteiger partial charge in [-0.3, -0.25) is 9.69 Å². The van der Waals surface area contributed by atoms with Crippen molar-refractivity contribution in [2.24, 2.45) is 0 Å². The standard InChI is InChI=1S/C13H16FNO2/c1-17-13-5-4-10(14)8-11(13)12(16)9-15-6-2-3-7-15/h4-5,8H,2-3,6-7,9H2,1H3. The molecule has 1 heterocycles. The van der Waals surface area contributed by atoms with E-state index in [2.05, 4.69) is 4.90 Å². The van der Waals surface area contributed by atoms with Crippen LogP contribution in [0.15, 0.2) is 18.2 Å². The van der Waals surface area contributed by atoms with Crippen LogP contribution in [0.5, 0.6) is 5.75 Å². The summed E-state index contributed by atoms with van der Waals surface area (Å²) in [4.78, 5) is 14.1. The van der Waals surface area contributed by atoms with Crippen LogP contribution >= 0.6 is 0 Å². The molecule has 1 aliphatic rings. The molecule has 0 aromatic heterocycles. The number of ketones is 1. The second-order valence-corrected chi connectivity index (χ2v) is 4.25. The largest absolute Gasteiger partial charge is 0.496 e. The highest BCUT2D eigenvalue weighted by Crippen LogP contribution is 2.20. The molecule has 0 atom stereocenters. The summed E-state index contributed by atoms with van der Waals surface area (Å²) in [6.07, 6.45) is 2.27. The molecule has 2 rings (SSSR count). The lowest BCUT2D eigenvalue weighted by Gasteiger charge is -2.14. The van der Waals surface area contributed by atoms with Crippen LogP contribution in [0.1, 0.15) is 23.2 Å². The molecular formula is C13H16FNO2. The van der Waals surface area contributed by atoms with Gasteiger partial charge in [0.25, 0.3) is 0 Å². The highest BCUT2D eigenvalue weighted by atomic mass is 19.1. The second kappa shape index (κ2) is 5.27. The van der Waals surface area contributed by atoms with E-state index in [-0.39, 0.29) is 5.78 Å². The van der Waals surface area contributed by atoms with E-state index in [0.717, 1.165) is 25.9 Å². The molecule has 0 aliphatic carbocycles. The second-order valence-electron chi connectivity index (χ2n) is 4.25. The maximum atomic E-state index is 13.1. The third kappa shape index (κ3) is 2.82. The number of carbonyl (C=O) groups excluding carboxylic acids is 1. The van der Waals surface area contributed by atoms with Crippen LogP contribution in [0, 0.1) is 5.82 Å². The van der Waals surface area contributed by atoms with E-state index in [1.54, 1.807) is 0 Å². The Morgan fingerprint density at radius 3 is 2.76 bits per heavy atom. The van der Waals surface area contributed by atoms with E-state index in [9.17, 15) is 9.18 Å². The van der Waals surface area contributed by atoms with Gasteiger partial charge in [0, 0.05) is 0 Å². The number of likely N-dealkylation sites (tertiary alicyclic amines) is 1. The minimum Gasteiger partial charge on any atom is -0.496 e. The number of ether oxygens (including phenoxy) is 1. The Kier molecular flexibility index (Phi) is 3.74. The Morgan fingerprint density at radius 2 is 2.12 bits per heavy atom. The highest BCUT2D eigenvalue weighted by Gasteiger charge is 2.19. The zero-order valence-electron chi connectivity index (χ0n) is 9.91. The summed E-state index contributed by atoms with van der Waals surface area (Å²) < 4.78 is 18.2. The van der Waals surface area contributed by atoms with E-state index in [0.29, 0.717) is 17.9 Å². The summed E-state index contributed by atoms with van der Waals surface area (Å²) in [6, 6.07) is 4.04. The van der Waals surface area contributed by atoms with Crippen molar-refractivity contribution in [3.63, 3.8) is 0 Å². The van der Waals surface area contributed by atoms with E-state index in [1.165, 1.54) is 25.3 Å². The van der Waals surface area contributed by atoms with E-state index < -0.39 is 5.82 Å². The van der Waals surface area contributed by atoms with Gasteiger partial charge in [-0.05, 0) is 44.1 Å². The molecule has 92 valence electrons. The predicted molar refractivity (Wildman–Crippen MR) is 63.0 cm³/mol. The number of Topliss-reactive ketones (excluding diaryl/α,β-unsaturated/α-hetero) is 1. The smallest absolute Gasteiger partial charge is 0.180 e. The van der Waals surface area contributed by atoms with Crippen molar-refractivity contribution < 1.29 is 13.9 Å². The van der Waals surface area contributed by atoms with Crippen LogP contribution in [-0.4, -0.2) is 37.4 Å². The number of halogens is 1. The summed E-state index contributed by atoms with van der Waals surface area (Å²) in [6.45, 7) is 2.24. The van der Waals surface area contributed by atoms with Crippen molar-refractivity contribution in [1.82, 2.24) is 4.90 Å². The number of rotatable bonds is 4. The van der Waals surface area contributed by atoms with E-state index in [1.807, 2.05) is 0 Å². The topological polar surface area (TPSA) is 29.5 Å². The fraction of sp³-hybridized carbons (Fsp3) is 0.462. The third-order valence-electron chi connectivity index (χ3n) is 3.03. The molecule has 4 heteroatoms. The Hall–Kier alpha value is -1.42. The number of benzene rings is 1. The molecule has 0 bridgehead atoms. The van der Waals surface area contributed by atoms with Crippen LogP contribution in [-0.2, 0) is 0 Å². The van der Waals surface area contributed by atoms with Gasteiger partial charge in [0.15, 0.2) is 5.78 Å². The molecule has 1 saturated heterocycles.